The van der Waals surface area contributed by atoms with Crippen LogP contribution in [-0.4, -0.2) is 30.4 Å². The Labute approximate surface area is 166 Å². The van der Waals surface area contributed by atoms with Crippen molar-refractivity contribution in [3.8, 4) is 5.75 Å². The number of hydrogen-bond donors (Lipinski definition) is 1. The second-order valence-electron chi connectivity index (χ2n) is 7.27. The molecule has 1 aliphatic heterocycles. The molecule has 0 bridgehead atoms. The topological polar surface area (TPSA) is 58.6 Å². The van der Waals surface area contributed by atoms with Gasteiger partial charge in [-0.3, -0.25) is 14.5 Å². The molecular formula is C23H26N2O3. The molecule has 1 heterocycles. The fourth-order valence-electron chi connectivity index (χ4n) is 3.22. The lowest BCUT2D eigenvalue weighted by Crippen LogP contribution is -2.35. The summed E-state index contributed by atoms with van der Waals surface area (Å²) >= 11 is 0. The number of methoxy groups -OCH3 is 1. The van der Waals surface area contributed by atoms with E-state index in [2.05, 4.69) is 12.2 Å². The zero-order chi connectivity index (χ0) is 20.3. The molecule has 0 fully saturated rings. The Morgan fingerprint density at radius 3 is 2.14 bits per heavy atom. The number of rotatable bonds is 7. The summed E-state index contributed by atoms with van der Waals surface area (Å²) in [7, 11) is 1.59. The molecule has 0 aliphatic carbocycles. The highest BCUT2D eigenvalue weighted by Gasteiger charge is 2.39. The summed E-state index contributed by atoms with van der Waals surface area (Å²) in [6, 6.07) is 15.1. The van der Waals surface area contributed by atoms with Crippen molar-refractivity contribution in [2.24, 2.45) is 5.92 Å². The molecule has 28 heavy (non-hydrogen) atoms. The van der Waals surface area contributed by atoms with Crippen molar-refractivity contribution in [2.45, 2.75) is 27.2 Å². The smallest absolute Gasteiger partial charge is 0.278 e. The largest absolute Gasteiger partial charge is 0.497 e. The number of ether oxygens (including phenoxy) is 1. The molecule has 1 N–H and O–H groups in total. The number of hydrogen-bond acceptors (Lipinski definition) is 4. The van der Waals surface area contributed by atoms with E-state index in [1.807, 2.05) is 38.1 Å². The van der Waals surface area contributed by atoms with Crippen LogP contribution in [0.3, 0.4) is 0 Å². The second kappa shape index (κ2) is 8.30. The van der Waals surface area contributed by atoms with E-state index in [1.165, 1.54) is 10.5 Å². The summed E-state index contributed by atoms with van der Waals surface area (Å²) in [5.41, 5.74) is 3.40. The lowest BCUT2D eigenvalue weighted by Gasteiger charge is -2.17. The van der Waals surface area contributed by atoms with Crippen LogP contribution in [0.1, 0.15) is 31.9 Å². The van der Waals surface area contributed by atoms with Gasteiger partial charge in [0.15, 0.2) is 0 Å². The van der Waals surface area contributed by atoms with Crippen molar-refractivity contribution in [2.75, 3.05) is 19.0 Å². The van der Waals surface area contributed by atoms with Gasteiger partial charge in [0.2, 0.25) is 0 Å². The number of anilines is 1. The molecule has 1 aliphatic rings. The van der Waals surface area contributed by atoms with Crippen molar-refractivity contribution in [3.63, 3.8) is 0 Å². The van der Waals surface area contributed by atoms with Crippen LogP contribution in [0, 0.1) is 5.92 Å². The average Bonchev–Trinajstić information content (AvgIpc) is 2.92. The lowest BCUT2D eigenvalue weighted by atomic mass is 10.0. The maximum Gasteiger partial charge on any atom is 0.278 e. The van der Waals surface area contributed by atoms with E-state index in [9.17, 15) is 9.59 Å². The molecule has 2 aromatic rings. The number of amides is 2. The summed E-state index contributed by atoms with van der Waals surface area (Å²) in [6.07, 6.45) is 0.944. The predicted octanol–water partition coefficient (Wildman–Crippen LogP) is 4.11. The Morgan fingerprint density at radius 2 is 1.61 bits per heavy atom. The predicted molar refractivity (Wildman–Crippen MR) is 111 cm³/mol. The van der Waals surface area contributed by atoms with Crippen LogP contribution in [0.4, 0.5) is 5.69 Å². The van der Waals surface area contributed by atoms with Gasteiger partial charge in [-0.2, -0.15) is 0 Å². The Balaban J connectivity index is 2.02. The highest BCUT2D eigenvalue weighted by molar-refractivity contribution is 6.36. The molecule has 0 saturated heterocycles. The van der Waals surface area contributed by atoms with Crippen molar-refractivity contribution < 1.29 is 14.3 Å². The molecule has 2 amide bonds. The standard InChI is InChI=1S/C23H26N2O3/c1-5-16-6-10-18(11-7-16)24-21-20(17-8-12-19(28-4)13-9-17)22(26)25(23(21)27)14-15(2)3/h6-13,15,24H,5,14H2,1-4H3. The van der Waals surface area contributed by atoms with Gasteiger partial charge in [-0.15, -0.1) is 0 Å². The van der Waals surface area contributed by atoms with Gasteiger partial charge in [-0.25, -0.2) is 0 Å². The van der Waals surface area contributed by atoms with Crippen molar-refractivity contribution in [3.05, 3.63) is 65.4 Å². The Bertz CT molecular complexity index is 896. The van der Waals surface area contributed by atoms with E-state index in [4.69, 9.17) is 4.74 Å². The minimum Gasteiger partial charge on any atom is -0.497 e. The molecule has 0 unspecified atom stereocenters. The van der Waals surface area contributed by atoms with Crippen molar-refractivity contribution in [1.29, 1.82) is 0 Å². The van der Waals surface area contributed by atoms with Gasteiger partial charge in [-0.1, -0.05) is 45.0 Å². The van der Waals surface area contributed by atoms with E-state index in [-0.39, 0.29) is 17.7 Å². The summed E-state index contributed by atoms with van der Waals surface area (Å²) < 4.78 is 5.20. The summed E-state index contributed by atoms with van der Waals surface area (Å²) in [4.78, 5) is 27.5. The van der Waals surface area contributed by atoms with Gasteiger partial charge >= 0.3 is 0 Å². The van der Waals surface area contributed by atoms with E-state index in [1.54, 1.807) is 31.4 Å². The van der Waals surface area contributed by atoms with Crippen LogP contribution in [0.2, 0.25) is 0 Å². The molecule has 0 saturated carbocycles. The van der Waals surface area contributed by atoms with E-state index in [0.29, 0.717) is 29.1 Å². The Morgan fingerprint density at radius 1 is 0.964 bits per heavy atom. The third-order valence-corrected chi connectivity index (χ3v) is 4.73. The fourth-order valence-corrected chi connectivity index (χ4v) is 3.22. The highest BCUT2D eigenvalue weighted by atomic mass is 16.5. The van der Waals surface area contributed by atoms with E-state index >= 15 is 0 Å². The first-order valence-corrected chi connectivity index (χ1v) is 9.55. The molecule has 0 aromatic heterocycles. The van der Waals surface area contributed by atoms with Crippen molar-refractivity contribution in [1.82, 2.24) is 4.90 Å². The molecule has 2 aromatic carbocycles. The van der Waals surface area contributed by atoms with Crippen LogP contribution < -0.4 is 10.1 Å². The van der Waals surface area contributed by atoms with E-state index in [0.717, 1.165) is 12.1 Å². The van der Waals surface area contributed by atoms with Gasteiger partial charge in [0.05, 0.1) is 12.7 Å². The van der Waals surface area contributed by atoms with E-state index < -0.39 is 0 Å². The number of aryl methyl sites for hydroxylation is 1. The first kappa shape index (κ1) is 19.7. The van der Waals surface area contributed by atoms with Gasteiger partial charge in [0.1, 0.15) is 11.4 Å². The summed E-state index contributed by atoms with van der Waals surface area (Å²) in [5.74, 6) is 0.332. The highest BCUT2D eigenvalue weighted by Crippen LogP contribution is 2.32. The lowest BCUT2D eigenvalue weighted by molar-refractivity contribution is -0.137. The minimum absolute atomic E-state index is 0.188. The average molecular weight is 378 g/mol. The van der Waals surface area contributed by atoms with Crippen LogP contribution in [0.15, 0.2) is 54.2 Å². The number of benzene rings is 2. The number of nitrogens with zero attached hydrogens (tertiary/aromatic N) is 1. The molecule has 0 spiro atoms. The van der Waals surface area contributed by atoms with Crippen LogP contribution >= 0.6 is 0 Å². The van der Waals surface area contributed by atoms with Gasteiger partial charge < -0.3 is 10.1 Å². The van der Waals surface area contributed by atoms with Crippen LogP contribution in [0.5, 0.6) is 5.75 Å². The molecule has 3 rings (SSSR count). The van der Waals surface area contributed by atoms with Gasteiger partial charge in [-0.05, 0) is 47.7 Å². The normalized spacial score (nSPS) is 14.2. The molecule has 5 heteroatoms. The number of carbonyl (C=O) groups excluding carboxylic acids is 2. The zero-order valence-corrected chi connectivity index (χ0v) is 16.8. The maximum absolute atomic E-state index is 13.1. The summed E-state index contributed by atoms with van der Waals surface area (Å²) in [6.45, 7) is 6.46. The van der Waals surface area contributed by atoms with Crippen LogP contribution in [0.25, 0.3) is 5.57 Å². The molecule has 0 radical (unpaired) electrons. The number of nitrogens with one attached hydrogen (secondary N) is 1. The Hall–Kier alpha value is -3.08. The van der Waals surface area contributed by atoms with Crippen molar-refractivity contribution >= 4 is 23.1 Å². The molecule has 0 atom stereocenters. The summed E-state index contributed by atoms with van der Waals surface area (Å²) in [5, 5.41) is 3.19. The van der Waals surface area contributed by atoms with Gasteiger partial charge in [0.25, 0.3) is 11.8 Å². The first-order valence-electron chi connectivity index (χ1n) is 9.55. The maximum atomic E-state index is 13.1. The third kappa shape index (κ3) is 3.93. The number of carbonyl (C=O) groups is 2. The molecular weight excluding hydrogens is 352 g/mol. The fraction of sp³-hybridized carbons (Fsp3) is 0.304. The first-order chi connectivity index (χ1) is 13.4. The monoisotopic (exact) mass is 378 g/mol. The minimum atomic E-state index is -0.288. The molecule has 146 valence electrons. The zero-order valence-electron chi connectivity index (χ0n) is 16.8. The third-order valence-electron chi connectivity index (χ3n) is 4.73. The quantitative estimate of drug-likeness (QED) is 0.737. The van der Waals surface area contributed by atoms with Crippen LogP contribution in [-0.2, 0) is 16.0 Å². The van der Waals surface area contributed by atoms with Gasteiger partial charge in [0, 0.05) is 12.2 Å². The molecule has 5 nitrogen and oxygen atoms in total. The number of imide groups is 1. The Kier molecular flexibility index (Phi) is 5.83. The SMILES string of the molecule is CCc1ccc(NC2=C(c3ccc(OC)cc3)C(=O)N(CC(C)C)C2=O)cc1. The second-order valence-corrected chi connectivity index (χ2v) is 7.27.